The van der Waals surface area contributed by atoms with E-state index >= 15 is 0 Å². The molecular formula is C27H22Cl2F3N3O2. The highest BCUT2D eigenvalue weighted by Gasteiger charge is 2.31. The van der Waals surface area contributed by atoms with E-state index in [1.807, 2.05) is 0 Å². The number of benzene rings is 3. The smallest absolute Gasteiger partial charge is 0.368 e. The zero-order valence-electron chi connectivity index (χ0n) is 19.4. The SMILES string of the molecule is O=C(N/C(=C\c1ccc(Cl)cc1Cl)C(=O)N1CCN(c2cccc(C(F)(F)F)c2)CC1)c1ccccc1. The Morgan fingerprint density at radius 1 is 0.865 bits per heavy atom. The summed E-state index contributed by atoms with van der Waals surface area (Å²) in [5.41, 5.74) is 0.592. The second kappa shape index (κ2) is 11.3. The molecule has 0 atom stereocenters. The Hall–Kier alpha value is -3.49. The lowest BCUT2D eigenvalue weighted by atomic mass is 10.1. The Kier molecular flexibility index (Phi) is 8.10. The molecule has 37 heavy (non-hydrogen) atoms. The van der Waals surface area contributed by atoms with E-state index in [0.29, 0.717) is 39.9 Å². The Bertz CT molecular complexity index is 1320. The van der Waals surface area contributed by atoms with Crippen molar-refractivity contribution in [2.75, 3.05) is 31.1 Å². The van der Waals surface area contributed by atoms with E-state index in [1.165, 1.54) is 18.2 Å². The summed E-state index contributed by atoms with van der Waals surface area (Å²) in [4.78, 5) is 29.7. The lowest BCUT2D eigenvalue weighted by Crippen LogP contribution is -2.50. The van der Waals surface area contributed by atoms with E-state index in [-0.39, 0.29) is 18.8 Å². The molecule has 192 valence electrons. The predicted octanol–water partition coefficient (Wildman–Crippen LogP) is 6.13. The highest BCUT2D eigenvalue weighted by Crippen LogP contribution is 2.32. The van der Waals surface area contributed by atoms with E-state index in [0.717, 1.165) is 12.1 Å². The maximum atomic E-state index is 13.5. The number of hydrogen-bond acceptors (Lipinski definition) is 3. The molecule has 3 aromatic carbocycles. The minimum absolute atomic E-state index is 0.0191. The van der Waals surface area contributed by atoms with Crippen molar-refractivity contribution in [3.63, 3.8) is 0 Å². The number of rotatable bonds is 5. The minimum atomic E-state index is -4.44. The Morgan fingerprint density at radius 2 is 1.57 bits per heavy atom. The normalized spacial score (nSPS) is 14.5. The number of alkyl halides is 3. The van der Waals surface area contributed by atoms with Gasteiger partial charge in [-0.05, 0) is 54.1 Å². The lowest BCUT2D eigenvalue weighted by Gasteiger charge is -2.36. The van der Waals surface area contributed by atoms with Crippen LogP contribution in [0.3, 0.4) is 0 Å². The number of nitrogens with one attached hydrogen (secondary N) is 1. The van der Waals surface area contributed by atoms with Gasteiger partial charge in [0.25, 0.3) is 11.8 Å². The summed E-state index contributed by atoms with van der Waals surface area (Å²) in [6.45, 7) is 1.16. The molecule has 0 spiro atoms. The Labute approximate surface area is 222 Å². The summed E-state index contributed by atoms with van der Waals surface area (Å²) in [6, 6.07) is 18.3. The zero-order chi connectivity index (χ0) is 26.6. The molecule has 1 saturated heterocycles. The monoisotopic (exact) mass is 547 g/mol. The topological polar surface area (TPSA) is 52.7 Å². The van der Waals surface area contributed by atoms with Crippen molar-refractivity contribution in [3.8, 4) is 0 Å². The minimum Gasteiger partial charge on any atom is -0.368 e. The van der Waals surface area contributed by atoms with Crippen LogP contribution in [-0.4, -0.2) is 42.9 Å². The van der Waals surface area contributed by atoms with E-state index in [2.05, 4.69) is 5.32 Å². The molecule has 1 fully saturated rings. The molecule has 1 aliphatic heterocycles. The summed E-state index contributed by atoms with van der Waals surface area (Å²) < 4.78 is 39.4. The first kappa shape index (κ1) is 26.6. The van der Waals surface area contributed by atoms with Crippen molar-refractivity contribution in [1.29, 1.82) is 0 Å². The van der Waals surface area contributed by atoms with Gasteiger partial charge >= 0.3 is 6.18 Å². The fourth-order valence-corrected chi connectivity index (χ4v) is 4.39. The summed E-state index contributed by atoms with van der Waals surface area (Å²) in [5, 5.41) is 3.42. The molecule has 0 aromatic heterocycles. The second-order valence-electron chi connectivity index (χ2n) is 8.37. The molecule has 10 heteroatoms. The first-order valence-corrected chi connectivity index (χ1v) is 12.1. The number of hydrogen-bond donors (Lipinski definition) is 1. The maximum absolute atomic E-state index is 13.5. The van der Waals surface area contributed by atoms with Crippen LogP contribution in [0.2, 0.25) is 10.0 Å². The van der Waals surface area contributed by atoms with Crippen LogP contribution in [0.4, 0.5) is 18.9 Å². The van der Waals surface area contributed by atoms with Gasteiger partial charge in [-0.25, -0.2) is 0 Å². The van der Waals surface area contributed by atoms with Crippen LogP contribution in [0.5, 0.6) is 0 Å². The third-order valence-electron chi connectivity index (χ3n) is 5.88. The third kappa shape index (κ3) is 6.64. The first-order chi connectivity index (χ1) is 17.6. The van der Waals surface area contributed by atoms with E-state index < -0.39 is 23.6 Å². The summed E-state index contributed by atoms with van der Waals surface area (Å²) >= 11 is 12.3. The van der Waals surface area contributed by atoms with Gasteiger partial charge in [-0.1, -0.05) is 53.5 Å². The van der Waals surface area contributed by atoms with Crippen LogP contribution in [0.1, 0.15) is 21.5 Å². The van der Waals surface area contributed by atoms with Gasteiger partial charge < -0.3 is 15.1 Å². The fraction of sp³-hybridized carbons (Fsp3) is 0.185. The lowest BCUT2D eigenvalue weighted by molar-refractivity contribution is -0.137. The maximum Gasteiger partial charge on any atom is 0.416 e. The van der Waals surface area contributed by atoms with Gasteiger partial charge in [0.2, 0.25) is 0 Å². The van der Waals surface area contributed by atoms with E-state index in [1.54, 1.807) is 58.3 Å². The molecule has 0 saturated carbocycles. The number of nitrogens with zero attached hydrogens (tertiary/aromatic N) is 2. The standard InChI is InChI=1S/C27H22Cl2F3N3O2/c28-21-10-9-19(23(29)17-21)15-24(33-25(36)18-5-2-1-3-6-18)26(37)35-13-11-34(12-14-35)22-8-4-7-20(16-22)27(30,31)32/h1-10,15-17H,11-14H2,(H,33,36)/b24-15-. The van der Waals surface area contributed by atoms with E-state index in [9.17, 15) is 22.8 Å². The number of halogens is 5. The van der Waals surface area contributed by atoms with Crippen LogP contribution in [-0.2, 0) is 11.0 Å². The molecule has 3 aromatic rings. The molecule has 0 radical (unpaired) electrons. The Morgan fingerprint density at radius 3 is 2.22 bits per heavy atom. The van der Waals surface area contributed by atoms with Crippen molar-refractivity contribution in [1.82, 2.24) is 10.2 Å². The largest absolute Gasteiger partial charge is 0.416 e. The van der Waals surface area contributed by atoms with Crippen molar-refractivity contribution in [3.05, 3.63) is 105 Å². The van der Waals surface area contributed by atoms with Gasteiger partial charge in [-0.2, -0.15) is 13.2 Å². The number of piperazine rings is 1. The first-order valence-electron chi connectivity index (χ1n) is 11.4. The zero-order valence-corrected chi connectivity index (χ0v) is 20.9. The number of carbonyl (C=O) groups excluding carboxylic acids is 2. The molecule has 0 unspecified atom stereocenters. The summed E-state index contributed by atoms with van der Waals surface area (Å²) in [5.74, 6) is -0.896. The van der Waals surface area contributed by atoms with Crippen molar-refractivity contribution in [2.24, 2.45) is 0 Å². The molecule has 2 amide bonds. The summed E-state index contributed by atoms with van der Waals surface area (Å²) in [6.07, 6.45) is -2.95. The second-order valence-corrected chi connectivity index (χ2v) is 9.21. The molecule has 0 aliphatic carbocycles. The van der Waals surface area contributed by atoms with Gasteiger partial charge in [-0.3, -0.25) is 9.59 Å². The summed E-state index contributed by atoms with van der Waals surface area (Å²) in [7, 11) is 0. The van der Waals surface area contributed by atoms with Gasteiger partial charge in [-0.15, -0.1) is 0 Å². The van der Waals surface area contributed by atoms with Crippen molar-refractivity contribution < 1.29 is 22.8 Å². The van der Waals surface area contributed by atoms with Gasteiger partial charge in [0.15, 0.2) is 0 Å². The molecule has 0 bridgehead atoms. The Balaban J connectivity index is 1.53. The molecular weight excluding hydrogens is 526 g/mol. The van der Waals surface area contributed by atoms with Crippen LogP contribution in [0.15, 0.2) is 78.5 Å². The number of carbonyl (C=O) groups is 2. The average molecular weight is 548 g/mol. The van der Waals surface area contributed by atoms with Crippen LogP contribution < -0.4 is 10.2 Å². The number of anilines is 1. The van der Waals surface area contributed by atoms with Gasteiger partial charge in [0, 0.05) is 47.5 Å². The van der Waals surface area contributed by atoms with Gasteiger partial charge in [0.1, 0.15) is 5.70 Å². The third-order valence-corrected chi connectivity index (χ3v) is 6.44. The van der Waals surface area contributed by atoms with Gasteiger partial charge in [0.05, 0.1) is 5.56 Å². The molecule has 1 N–H and O–H groups in total. The highest BCUT2D eigenvalue weighted by atomic mass is 35.5. The van der Waals surface area contributed by atoms with Crippen LogP contribution in [0.25, 0.3) is 6.08 Å². The molecule has 4 rings (SSSR count). The quantitative estimate of drug-likeness (QED) is 0.391. The fourth-order valence-electron chi connectivity index (χ4n) is 3.93. The highest BCUT2D eigenvalue weighted by molar-refractivity contribution is 6.35. The number of amides is 2. The molecule has 1 heterocycles. The van der Waals surface area contributed by atoms with E-state index in [4.69, 9.17) is 23.2 Å². The van der Waals surface area contributed by atoms with Crippen molar-refractivity contribution >= 4 is 46.8 Å². The van der Waals surface area contributed by atoms with Crippen molar-refractivity contribution in [2.45, 2.75) is 6.18 Å². The molecule has 1 aliphatic rings. The predicted molar refractivity (Wildman–Crippen MR) is 139 cm³/mol. The average Bonchev–Trinajstić information content (AvgIpc) is 2.89. The molecule has 5 nitrogen and oxygen atoms in total. The van der Waals surface area contributed by atoms with Crippen LogP contribution >= 0.6 is 23.2 Å². The van der Waals surface area contributed by atoms with Crippen LogP contribution in [0, 0.1) is 0 Å².